The van der Waals surface area contributed by atoms with Crippen molar-refractivity contribution in [1.29, 1.82) is 0 Å². The lowest BCUT2D eigenvalue weighted by Crippen LogP contribution is -2.49. The van der Waals surface area contributed by atoms with Crippen LogP contribution in [0.25, 0.3) is 10.2 Å². The zero-order valence-electron chi connectivity index (χ0n) is 19.2. The summed E-state index contributed by atoms with van der Waals surface area (Å²) >= 11 is 1.52. The molecule has 0 unspecified atom stereocenters. The monoisotopic (exact) mass is 487 g/mol. The molecule has 0 spiro atoms. The van der Waals surface area contributed by atoms with Gasteiger partial charge in [0.05, 0.1) is 20.1 Å². The Hall–Kier alpha value is -2.34. The molecule has 0 radical (unpaired) electrons. The quantitative estimate of drug-likeness (QED) is 0.552. The molecule has 0 aliphatic carbocycles. The highest BCUT2D eigenvalue weighted by molar-refractivity contribution is 7.89. The van der Waals surface area contributed by atoms with Gasteiger partial charge in [0.25, 0.3) is 0 Å². The SMILES string of the molecule is Cc1nc(N2CCN(C)CC2)cc(N2CCN(S(=O)(=O)c3ccc4nc(C)sc4c3)CC2)n1. The molecule has 4 heterocycles. The zero-order valence-corrected chi connectivity index (χ0v) is 20.9. The summed E-state index contributed by atoms with van der Waals surface area (Å²) < 4.78 is 29.0. The predicted octanol–water partition coefficient (Wildman–Crippen LogP) is 1.97. The number of aryl methyl sites for hydroxylation is 2. The first kappa shape index (κ1) is 22.5. The Morgan fingerprint density at radius 1 is 0.818 bits per heavy atom. The summed E-state index contributed by atoms with van der Waals surface area (Å²) in [4.78, 5) is 20.9. The van der Waals surface area contributed by atoms with Crippen molar-refractivity contribution in [3.05, 3.63) is 35.1 Å². The van der Waals surface area contributed by atoms with Crippen LogP contribution in [0.15, 0.2) is 29.2 Å². The fourth-order valence-electron chi connectivity index (χ4n) is 4.38. The fourth-order valence-corrected chi connectivity index (χ4v) is 6.77. The fraction of sp³-hybridized carbons (Fsp3) is 0.500. The molecule has 33 heavy (non-hydrogen) atoms. The van der Waals surface area contributed by atoms with E-state index in [0.717, 1.165) is 58.9 Å². The first-order valence-electron chi connectivity index (χ1n) is 11.2. The molecule has 2 saturated heterocycles. The third-order valence-electron chi connectivity index (χ3n) is 6.31. The summed E-state index contributed by atoms with van der Waals surface area (Å²) in [5.41, 5.74) is 0.844. The van der Waals surface area contributed by atoms with Crippen LogP contribution in [-0.2, 0) is 10.0 Å². The Kier molecular flexibility index (Phi) is 5.98. The van der Waals surface area contributed by atoms with Gasteiger partial charge in [-0.2, -0.15) is 4.31 Å². The first-order chi connectivity index (χ1) is 15.8. The number of aromatic nitrogens is 3. The molecule has 2 aromatic heterocycles. The Bertz CT molecular complexity index is 1260. The van der Waals surface area contributed by atoms with Crippen LogP contribution in [0.5, 0.6) is 0 Å². The number of nitrogens with zero attached hydrogens (tertiary/aromatic N) is 7. The van der Waals surface area contributed by atoms with Crippen molar-refractivity contribution in [3.63, 3.8) is 0 Å². The second kappa shape index (κ2) is 8.79. The van der Waals surface area contributed by atoms with E-state index in [0.29, 0.717) is 31.1 Å². The van der Waals surface area contributed by atoms with Crippen LogP contribution in [-0.4, -0.2) is 92.0 Å². The minimum Gasteiger partial charge on any atom is -0.354 e. The topological polar surface area (TPSA) is 85.8 Å². The summed E-state index contributed by atoms with van der Waals surface area (Å²) in [5.74, 6) is 2.56. The van der Waals surface area contributed by atoms with E-state index in [1.54, 1.807) is 22.5 Å². The normalized spacial score (nSPS) is 18.9. The van der Waals surface area contributed by atoms with E-state index in [1.807, 2.05) is 19.9 Å². The third kappa shape index (κ3) is 4.54. The van der Waals surface area contributed by atoms with Gasteiger partial charge in [0.15, 0.2) is 0 Å². The second-order valence-electron chi connectivity index (χ2n) is 8.68. The van der Waals surface area contributed by atoms with E-state index in [4.69, 9.17) is 0 Å². The van der Waals surface area contributed by atoms with E-state index >= 15 is 0 Å². The average molecular weight is 488 g/mol. The van der Waals surface area contributed by atoms with Crippen molar-refractivity contribution in [2.24, 2.45) is 0 Å². The van der Waals surface area contributed by atoms with Crippen molar-refractivity contribution in [1.82, 2.24) is 24.2 Å². The van der Waals surface area contributed by atoms with Crippen molar-refractivity contribution in [2.45, 2.75) is 18.7 Å². The van der Waals surface area contributed by atoms with Gasteiger partial charge in [0.2, 0.25) is 10.0 Å². The van der Waals surface area contributed by atoms with E-state index < -0.39 is 10.0 Å². The Morgan fingerprint density at radius 2 is 1.42 bits per heavy atom. The van der Waals surface area contributed by atoms with Gasteiger partial charge in [-0.1, -0.05) is 0 Å². The largest absolute Gasteiger partial charge is 0.354 e. The van der Waals surface area contributed by atoms with E-state index in [2.05, 4.69) is 36.7 Å². The summed E-state index contributed by atoms with van der Waals surface area (Å²) in [6.07, 6.45) is 0. The van der Waals surface area contributed by atoms with E-state index in [1.165, 1.54) is 11.3 Å². The van der Waals surface area contributed by atoms with Crippen LogP contribution in [0.4, 0.5) is 11.6 Å². The third-order valence-corrected chi connectivity index (χ3v) is 9.13. The number of rotatable bonds is 4. The molecule has 0 bridgehead atoms. The maximum Gasteiger partial charge on any atom is 0.243 e. The molecular weight excluding hydrogens is 458 g/mol. The maximum absolute atomic E-state index is 13.3. The zero-order chi connectivity index (χ0) is 23.2. The molecule has 2 aliphatic heterocycles. The number of fused-ring (bicyclic) bond motifs is 1. The molecule has 0 atom stereocenters. The number of hydrogen-bond donors (Lipinski definition) is 0. The number of hydrogen-bond acceptors (Lipinski definition) is 9. The Labute approximate surface area is 198 Å². The van der Waals surface area contributed by atoms with Gasteiger partial charge in [-0.15, -0.1) is 11.3 Å². The summed E-state index contributed by atoms with van der Waals surface area (Å²) in [6, 6.07) is 7.26. The molecule has 2 aliphatic rings. The maximum atomic E-state index is 13.3. The lowest BCUT2D eigenvalue weighted by atomic mass is 10.3. The van der Waals surface area contributed by atoms with Crippen molar-refractivity contribution >= 4 is 43.2 Å². The lowest BCUT2D eigenvalue weighted by Gasteiger charge is -2.36. The van der Waals surface area contributed by atoms with Crippen LogP contribution in [0, 0.1) is 13.8 Å². The van der Waals surface area contributed by atoms with Crippen molar-refractivity contribution in [2.75, 3.05) is 69.2 Å². The average Bonchev–Trinajstić information content (AvgIpc) is 3.18. The van der Waals surface area contributed by atoms with E-state index in [9.17, 15) is 8.42 Å². The van der Waals surface area contributed by atoms with Crippen LogP contribution in [0.1, 0.15) is 10.8 Å². The van der Waals surface area contributed by atoms with Crippen LogP contribution in [0.3, 0.4) is 0 Å². The highest BCUT2D eigenvalue weighted by atomic mass is 32.2. The number of piperazine rings is 2. The predicted molar refractivity (Wildman–Crippen MR) is 132 cm³/mol. The molecule has 9 nitrogen and oxygen atoms in total. The standard InChI is InChI=1S/C22H29N7O2S2/c1-16-23-21(27-8-6-26(3)7-9-27)15-22(24-16)28-10-12-29(13-11-28)33(30,31)18-4-5-19-20(14-18)32-17(2)25-19/h4-5,14-15H,6-13H2,1-3H3. The van der Waals surface area contributed by atoms with Gasteiger partial charge in [-0.3, -0.25) is 0 Å². The summed E-state index contributed by atoms with van der Waals surface area (Å²) in [6.45, 7) is 9.82. The second-order valence-corrected chi connectivity index (χ2v) is 11.8. The highest BCUT2D eigenvalue weighted by Gasteiger charge is 2.30. The van der Waals surface area contributed by atoms with Crippen LogP contribution < -0.4 is 9.80 Å². The number of likely N-dealkylation sites (N-methyl/N-ethyl adjacent to an activating group) is 1. The molecule has 176 valence electrons. The molecule has 3 aromatic rings. The number of anilines is 2. The number of sulfonamides is 1. The van der Waals surface area contributed by atoms with Crippen LogP contribution >= 0.6 is 11.3 Å². The molecule has 2 fully saturated rings. The molecule has 0 amide bonds. The van der Waals surface area contributed by atoms with Crippen molar-refractivity contribution in [3.8, 4) is 0 Å². The van der Waals surface area contributed by atoms with Gasteiger partial charge >= 0.3 is 0 Å². The molecule has 11 heteroatoms. The van der Waals surface area contributed by atoms with Crippen LogP contribution in [0.2, 0.25) is 0 Å². The number of thiazole rings is 1. The molecule has 1 aromatic carbocycles. The van der Waals surface area contributed by atoms with Gasteiger partial charge in [-0.05, 0) is 39.1 Å². The van der Waals surface area contributed by atoms with Gasteiger partial charge < -0.3 is 14.7 Å². The van der Waals surface area contributed by atoms with E-state index in [-0.39, 0.29) is 0 Å². The summed E-state index contributed by atoms with van der Waals surface area (Å²) in [7, 11) is -1.41. The summed E-state index contributed by atoms with van der Waals surface area (Å²) in [5, 5.41) is 0.934. The van der Waals surface area contributed by atoms with Crippen molar-refractivity contribution < 1.29 is 8.42 Å². The van der Waals surface area contributed by atoms with Gasteiger partial charge in [0.1, 0.15) is 17.5 Å². The molecular formula is C22H29N7O2S2. The lowest BCUT2D eigenvalue weighted by molar-refractivity contribution is 0.312. The number of benzene rings is 1. The molecule has 0 N–H and O–H groups in total. The Balaban J connectivity index is 1.30. The first-order valence-corrected chi connectivity index (χ1v) is 13.5. The Morgan fingerprint density at radius 3 is 2.06 bits per heavy atom. The van der Waals surface area contributed by atoms with Gasteiger partial charge in [-0.25, -0.2) is 23.4 Å². The molecule has 5 rings (SSSR count). The minimum absolute atomic E-state index is 0.335. The minimum atomic E-state index is -3.55. The van der Waals surface area contributed by atoms with Gasteiger partial charge in [0, 0.05) is 58.4 Å². The highest BCUT2D eigenvalue weighted by Crippen LogP contribution is 2.28. The smallest absolute Gasteiger partial charge is 0.243 e. The molecule has 0 saturated carbocycles.